The van der Waals surface area contributed by atoms with Crippen LogP contribution >= 0.6 is 11.8 Å². The standard InChI is InChI=1S/C9H15NO2S/c11-9(12)8(10-3-1-4-10)7-2-5-13-6-7/h7-8H,1-6H2,(H,11,12). The van der Waals surface area contributed by atoms with Crippen LogP contribution in [0.2, 0.25) is 0 Å². The summed E-state index contributed by atoms with van der Waals surface area (Å²) >= 11 is 1.89. The molecule has 0 aliphatic carbocycles. The number of rotatable bonds is 3. The Bertz CT molecular complexity index is 200. The van der Waals surface area contributed by atoms with E-state index in [0.29, 0.717) is 5.92 Å². The normalized spacial score (nSPS) is 31.2. The third-order valence-electron chi connectivity index (χ3n) is 2.95. The fourth-order valence-electron chi connectivity index (χ4n) is 2.08. The van der Waals surface area contributed by atoms with Crippen LogP contribution in [0.15, 0.2) is 0 Å². The number of carboxylic acids is 1. The molecule has 2 rings (SSSR count). The first-order chi connectivity index (χ1) is 6.29. The van der Waals surface area contributed by atoms with Crippen molar-refractivity contribution in [3.05, 3.63) is 0 Å². The number of hydrogen-bond acceptors (Lipinski definition) is 3. The minimum atomic E-state index is -0.618. The highest BCUT2D eigenvalue weighted by Gasteiger charge is 2.37. The number of hydrogen-bond donors (Lipinski definition) is 1. The second-order valence-electron chi connectivity index (χ2n) is 3.80. The predicted molar refractivity (Wildman–Crippen MR) is 53.0 cm³/mol. The molecule has 0 aromatic carbocycles. The lowest BCUT2D eigenvalue weighted by molar-refractivity contribution is -0.147. The Morgan fingerprint density at radius 2 is 2.31 bits per heavy atom. The zero-order valence-corrected chi connectivity index (χ0v) is 8.42. The van der Waals surface area contributed by atoms with Crippen LogP contribution in [0.5, 0.6) is 0 Å². The Morgan fingerprint density at radius 3 is 2.69 bits per heavy atom. The Hall–Kier alpha value is -0.220. The van der Waals surface area contributed by atoms with Crippen LogP contribution in [-0.2, 0) is 4.79 Å². The van der Waals surface area contributed by atoms with E-state index < -0.39 is 5.97 Å². The molecule has 2 aliphatic rings. The average molecular weight is 201 g/mol. The van der Waals surface area contributed by atoms with Crippen LogP contribution in [0.4, 0.5) is 0 Å². The topological polar surface area (TPSA) is 40.5 Å². The highest BCUT2D eigenvalue weighted by atomic mass is 32.2. The molecule has 2 aliphatic heterocycles. The van der Waals surface area contributed by atoms with Crippen LogP contribution in [0.3, 0.4) is 0 Å². The van der Waals surface area contributed by atoms with Crippen molar-refractivity contribution in [2.24, 2.45) is 5.92 Å². The van der Waals surface area contributed by atoms with Gasteiger partial charge in [0.25, 0.3) is 0 Å². The third-order valence-corrected chi connectivity index (χ3v) is 4.14. The molecular weight excluding hydrogens is 186 g/mol. The van der Waals surface area contributed by atoms with Gasteiger partial charge in [-0.2, -0.15) is 11.8 Å². The van der Waals surface area contributed by atoms with E-state index >= 15 is 0 Å². The average Bonchev–Trinajstić information content (AvgIpc) is 2.46. The molecule has 2 saturated heterocycles. The smallest absolute Gasteiger partial charge is 0.321 e. The van der Waals surface area contributed by atoms with Gasteiger partial charge in [0.1, 0.15) is 6.04 Å². The molecule has 0 radical (unpaired) electrons. The van der Waals surface area contributed by atoms with Gasteiger partial charge in [-0.3, -0.25) is 9.69 Å². The van der Waals surface area contributed by atoms with Crippen molar-refractivity contribution in [1.82, 2.24) is 4.90 Å². The molecule has 0 aromatic rings. The van der Waals surface area contributed by atoms with Crippen molar-refractivity contribution in [2.75, 3.05) is 24.6 Å². The van der Waals surface area contributed by atoms with Gasteiger partial charge < -0.3 is 5.11 Å². The van der Waals surface area contributed by atoms with Gasteiger partial charge in [0, 0.05) is 13.1 Å². The molecule has 0 amide bonds. The molecule has 4 heteroatoms. The molecule has 2 unspecified atom stereocenters. The summed E-state index contributed by atoms with van der Waals surface area (Å²) in [6, 6.07) is -0.191. The summed E-state index contributed by atoms with van der Waals surface area (Å²) in [7, 11) is 0. The Labute approximate surface area is 82.5 Å². The summed E-state index contributed by atoms with van der Waals surface area (Å²) in [5, 5.41) is 9.12. The number of nitrogens with zero attached hydrogens (tertiary/aromatic N) is 1. The van der Waals surface area contributed by atoms with Crippen molar-refractivity contribution in [3.63, 3.8) is 0 Å². The molecule has 74 valence electrons. The Balaban J connectivity index is 1.98. The zero-order chi connectivity index (χ0) is 9.26. The lowest BCUT2D eigenvalue weighted by Gasteiger charge is -2.38. The summed E-state index contributed by atoms with van der Waals surface area (Å²) in [6.45, 7) is 1.97. The van der Waals surface area contributed by atoms with E-state index in [0.717, 1.165) is 31.0 Å². The van der Waals surface area contributed by atoms with Crippen LogP contribution in [0.1, 0.15) is 12.8 Å². The molecule has 0 aromatic heterocycles. The van der Waals surface area contributed by atoms with Gasteiger partial charge in [0.05, 0.1) is 0 Å². The van der Waals surface area contributed by atoms with Gasteiger partial charge in [-0.05, 0) is 30.3 Å². The van der Waals surface area contributed by atoms with E-state index in [1.54, 1.807) is 0 Å². The molecule has 2 fully saturated rings. The summed E-state index contributed by atoms with van der Waals surface area (Å²) in [4.78, 5) is 13.2. The summed E-state index contributed by atoms with van der Waals surface area (Å²) in [5.41, 5.74) is 0. The van der Waals surface area contributed by atoms with Gasteiger partial charge in [0.15, 0.2) is 0 Å². The predicted octanol–water partition coefficient (Wildman–Crippen LogP) is 0.898. The molecular formula is C9H15NO2S. The third kappa shape index (κ3) is 1.83. The van der Waals surface area contributed by atoms with Gasteiger partial charge in [-0.15, -0.1) is 0 Å². The maximum Gasteiger partial charge on any atom is 0.321 e. The van der Waals surface area contributed by atoms with Crippen LogP contribution in [0.25, 0.3) is 0 Å². The molecule has 2 heterocycles. The number of thioether (sulfide) groups is 1. The summed E-state index contributed by atoms with van der Waals surface area (Å²) < 4.78 is 0. The molecule has 0 bridgehead atoms. The maximum absolute atomic E-state index is 11.1. The van der Waals surface area contributed by atoms with E-state index in [1.807, 2.05) is 11.8 Å². The van der Waals surface area contributed by atoms with Gasteiger partial charge in [-0.25, -0.2) is 0 Å². The molecule has 2 atom stereocenters. The first kappa shape index (κ1) is 9.34. The van der Waals surface area contributed by atoms with Gasteiger partial charge in [0.2, 0.25) is 0 Å². The Morgan fingerprint density at radius 1 is 1.54 bits per heavy atom. The van der Waals surface area contributed by atoms with Crippen molar-refractivity contribution in [3.8, 4) is 0 Å². The van der Waals surface area contributed by atoms with Crippen molar-refractivity contribution in [1.29, 1.82) is 0 Å². The monoisotopic (exact) mass is 201 g/mol. The van der Waals surface area contributed by atoms with Crippen LogP contribution in [-0.4, -0.2) is 46.6 Å². The first-order valence-corrected chi connectivity index (χ1v) is 5.99. The van der Waals surface area contributed by atoms with Gasteiger partial charge >= 0.3 is 5.97 Å². The molecule has 3 nitrogen and oxygen atoms in total. The van der Waals surface area contributed by atoms with E-state index in [9.17, 15) is 4.79 Å². The van der Waals surface area contributed by atoms with E-state index in [-0.39, 0.29) is 6.04 Å². The molecule has 0 spiro atoms. The first-order valence-electron chi connectivity index (χ1n) is 4.83. The van der Waals surface area contributed by atoms with Crippen LogP contribution in [0, 0.1) is 5.92 Å². The minimum Gasteiger partial charge on any atom is -0.480 e. The fraction of sp³-hybridized carbons (Fsp3) is 0.889. The lowest BCUT2D eigenvalue weighted by atomic mass is 9.95. The SMILES string of the molecule is O=C(O)C(C1CCSC1)N1CCC1. The molecule has 1 N–H and O–H groups in total. The minimum absolute atomic E-state index is 0.191. The second-order valence-corrected chi connectivity index (χ2v) is 4.95. The van der Waals surface area contributed by atoms with E-state index in [4.69, 9.17) is 5.11 Å². The number of aliphatic carboxylic acids is 1. The maximum atomic E-state index is 11.1. The van der Waals surface area contributed by atoms with E-state index in [1.165, 1.54) is 6.42 Å². The number of carbonyl (C=O) groups is 1. The van der Waals surface area contributed by atoms with Crippen LogP contribution < -0.4 is 0 Å². The molecule has 13 heavy (non-hydrogen) atoms. The van der Waals surface area contributed by atoms with Crippen molar-refractivity contribution < 1.29 is 9.90 Å². The summed E-state index contributed by atoms with van der Waals surface area (Å²) in [5.74, 6) is 1.95. The van der Waals surface area contributed by atoms with E-state index in [2.05, 4.69) is 4.90 Å². The number of carboxylic acid groups (broad SMARTS) is 1. The fourth-order valence-corrected chi connectivity index (χ4v) is 3.36. The largest absolute Gasteiger partial charge is 0.480 e. The lowest BCUT2D eigenvalue weighted by Crippen LogP contribution is -2.52. The Kier molecular flexibility index (Phi) is 2.79. The zero-order valence-electron chi connectivity index (χ0n) is 7.61. The van der Waals surface area contributed by atoms with Gasteiger partial charge in [-0.1, -0.05) is 0 Å². The molecule has 0 saturated carbocycles. The summed E-state index contributed by atoms with van der Waals surface area (Å²) in [6.07, 6.45) is 2.25. The highest BCUT2D eigenvalue weighted by Crippen LogP contribution is 2.30. The quantitative estimate of drug-likeness (QED) is 0.736. The van der Waals surface area contributed by atoms with Crippen molar-refractivity contribution in [2.45, 2.75) is 18.9 Å². The highest BCUT2D eigenvalue weighted by molar-refractivity contribution is 7.99. The van der Waals surface area contributed by atoms with Crippen molar-refractivity contribution >= 4 is 17.7 Å². The second kappa shape index (κ2) is 3.88. The number of likely N-dealkylation sites (tertiary alicyclic amines) is 1.